The zero-order valence-electron chi connectivity index (χ0n) is 20.1. The molecule has 0 radical (unpaired) electrons. The van der Waals surface area contributed by atoms with E-state index in [1.54, 1.807) is 23.5 Å². The standard InChI is InChI=1S/C29H34ClFN2OS/c30-29-4-2-1-3-24(29)15-33-17-26(28(18-33)25-11-14-35-21-25)16-32-12-9-23(10-13-32)20-34-19-22-5-7-27(31)8-6-22/h1-8,11,14,21,23,26,28H,9-10,12-13,15-20H2. The maximum Gasteiger partial charge on any atom is 0.123 e. The number of thiophene rings is 1. The van der Waals surface area contributed by atoms with E-state index in [1.807, 2.05) is 12.1 Å². The summed E-state index contributed by atoms with van der Waals surface area (Å²) < 4.78 is 19.0. The van der Waals surface area contributed by atoms with E-state index in [-0.39, 0.29) is 5.82 Å². The van der Waals surface area contributed by atoms with E-state index in [2.05, 4.69) is 38.8 Å². The number of hydrogen-bond donors (Lipinski definition) is 0. The molecule has 0 spiro atoms. The van der Waals surface area contributed by atoms with Crippen LogP contribution in [0.5, 0.6) is 0 Å². The third-order valence-electron chi connectivity index (χ3n) is 7.58. The van der Waals surface area contributed by atoms with Crippen molar-refractivity contribution in [1.82, 2.24) is 9.80 Å². The highest BCUT2D eigenvalue weighted by Crippen LogP contribution is 2.36. The van der Waals surface area contributed by atoms with Crippen LogP contribution in [0.4, 0.5) is 4.39 Å². The normalized spacial score (nSPS) is 22.1. The molecule has 2 unspecified atom stereocenters. The molecule has 0 N–H and O–H groups in total. The Hall–Kier alpha value is -1.76. The summed E-state index contributed by atoms with van der Waals surface area (Å²) in [5.74, 6) is 1.63. The molecule has 0 saturated carbocycles. The Labute approximate surface area is 217 Å². The zero-order valence-corrected chi connectivity index (χ0v) is 21.7. The summed E-state index contributed by atoms with van der Waals surface area (Å²) in [5, 5.41) is 5.41. The van der Waals surface area contributed by atoms with Crippen LogP contribution in [-0.4, -0.2) is 49.1 Å². The number of hydrogen-bond acceptors (Lipinski definition) is 4. The molecule has 2 saturated heterocycles. The fourth-order valence-corrected chi connectivity index (χ4v) is 6.52. The quantitative estimate of drug-likeness (QED) is 0.318. The Kier molecular flexibility index (Phi) is 8.53. The van der Waals surface area contributed by atoms with Crippen molar-refractivity contribution in [2.75, 3.05) is 39.3 Å². The van der Waals surface area contributed by atoms with Gasteiger partial charge in [0.05, 0.1) is 6.61 Å². The number of piperidine rings is 1. The van der Waals surface area contributed by atoms with Crippen LogP contribution in [0, 0.1) is 17.7 Å². The van der Waals surface area contributed by atoms with E-state index < -0.39 is 0 Å². The molecule has 5 rings (SSSR count). The van der Waals surface area contributed by atoms with E-state index in [1.165, 1.54) is 36.1 Å². The van der Waals surface area contributed by atoms with E-state index >= 15 is 0 Å². The minimum absolute atomic E-state index is 0.198. The van der Waals surface area contributed by atoms with Gasteiger partial charge in [0.25, 0.3) is 0 Å². The molecule has 1 aromatic heterocycles. The summed E-state index contributed by atoms with van der Waals surface area (Å²) in [6, 6.07) is 17.1. The predicted molar refractivity (Wildman–Crippen MR) is 142 cm³/mol. The van der Waals surface area contributed by atoms with E-state index in [0.717, 1.165) is 56.5 Å². The molecule has 2 aliphatic rings. The topological polar surface area (TPSA) is 15.7 Å². The molecule has 2 fully saturated rings. The van der Waals surface area contributed by atoms with E-state index in [0.29, 0.717) is 24.4 Å². The molecule has 2 atom stereocenters. The van der Waals surface area contributed by atoms with Crippen molar-refractivity contribution in [3.63, 3.8) is 0 Å². The van der Waals surface area contributed by atoms with E-state index in [4.69, 9.17) is 16.3 Å². The van der Waals surface area contributed by atoms with Gasteiger partial charge in [-0.05, 0) is 89.5 Å². The lowest BCUT2D eigenvalue weighted by molar-refractivity contribution is 0.0542. The maximum absolute atomic E-state index is 13.1. The highest BCUT2D eigenvalue weighted by atomic mass is 35.5. The van der Waals surface area contributed by atoms with Crippen LogP contribution in [-0.2, 0) is 17.9 Å². The highest BCUT2D eigenvalue weighted by Gasteiger charge is 2.35. The van der Waals surface area contributed by atoms with Gasteiger partial charge in [0.15, 0.2) is 0 Å². The molecule has 3 nitrogen and oxygen atoms in total. The first-order valence-corrected chi connectivity index (χ1v) is 14.0. The summed E-state index contributed by atoms with van der Waals surface area (Å²) >= 11 is 8.27. The third-order valence-corrected chi connectivity index (χ3v) is 8.65. The Morgan fingerprint density at radius 2 is 1.77 bits per heavy atom. The van der Waals surface area contributed by atoms with Gasteiger partial charge >= 0.3 is 0 Å². The Bertz CT molecular complexity index is 1050. The predicted octanol–water partition coefficient (Wildman–Crippen LogP) is 6.69. The van der Waals surface area contributed by atoms with Crippen molar-refractivity contribution < 1.29 is 9.13 Å². The fraction of sp³-hybridized carbons (Fsp3) is 0.448. The lowest BCUT2D eigenvalue weighted by Gasteiger charge is -2.34. The number of halogens is 2. The SMILES string of the molecule is Fc1ccc(COCC2CCN(CC3CN(Cc4ccccc4Cl)CC3c3ccsc3)CC2)cc1. The Balaban J connectivity index is 1.11. The number of likely N-dealkylation sites (tertiary alicyclic amines) is 2. The maximum atomic E-state index is 13.1. The smallest absolute Gasteiger partial charge is 0.123 e. The fourth-order valence-electron chi connectivity index (χ4n) is 5.60. The average molecular weight is 513 g/mol. The first kappa shape index (κ1) is 24.9. The van der Waals surface area contributed by atoms with Gasteiger partial charge in [0.2, 0.25) is 0 Å². The zero-order chi connectivity index (χ0) is 24.0. The van der Waals surface area contributed by atoms with Crippen molar-refractivity contribution in [3.05, 3.63) is 92.9 Å². The first-order valence-electron chi connectivity index (χ1n) is 12.7. The largest absolute Gasteiger partial charge is 0.376 e. The molecule has 3 heterocycles. The number of rotatable bonds is 9. The first-order chi connectivity index (χ1) is 17.1. The highest BCUT2D eigenvalue weighted by molar-refractivity contribution is 7.08. The molecular formula is C29H34ClFN2OS. The van der Waals surface area contributed by atoms with Crippen molar-refractivity contribution in [2.24, 2.45) is 11.8 Å². The minimum Gasteiger partial charge on any atom is -0.376 e. The van der Waals surface area contributed by atoms with Crippen LogP contribution in [0.15, 0.2) is 65.4 Å². The average Bonchev–Trinajstić information content (AvgIpc) is 3.53. The Morgan fingerprint density at radius 1 is 0.971 bits per heavy atom. The molecule has 0 bridgehead atoms. The van der Waals surface area contributed by atoms with Gasteiger partial charge < -0.3 is 9.64 Å². The minimum atomic E-state index is -0.198. The summed E-state index contributed by atoms with van der Waals surface area (Å²) in [7, 11) is 0. The molecule has 2 aliphatic heterocycles. The molecule has 0 aliphatic carbocycles. The molecule has 3 aromatic rings. The lowest BCUT2D eigenvalue weighted by Crippen LogP contribution is -2.39. The van der Waals surface area contributed by atoms with Crippen LogP contribution in [0.2, 0.25) is 5.02 Å². The van der Waals surface area contributed by atoms with Crippen LogP contribution >= 0.6 is 22.9 Å². The second-order valence-electron chi connectivity index (χ2n) is 10.1. The van der Waals surface area contributed by atoms with Crippen LogP contribution in [0.25, 0.3) is 0 Å². The van der Waals surface area contributed by atoms with Crippen LogP contribution in [0.3, 0.4) is 0 Å². The monoisotopic (exact) mass is 512 g/mol. The molecule has 186 valence electrons. The summed E-state index contributed by atoms with van der Waals surface area (Å²) in [4.78, 5) is 5.25. The number of nitrogens with zero attached hydrogens (tertiary/aromatic N) is 2. The second-order valence-corrected chi connectivity index (χ2v) is 11.3. The van der Waals surface area contributed by atoms with Crippen LogP contribution in [0.1, 0.15) is 35.4 Å². The molecular weight excluding hydrogens is 479 g/mol. The summed E-state index contributed by atoms with van der Waals surface area (Å²) in [5.41, 5.74) is 3.75. The summed E-state index contributed by atoms with van der Waals surface area (Å²) in [6.45, 7) is 7.92. The van der Waals surface area contributed by atoms with Gasteiger partial charge in [-0.2, -0.15) is 11.3 Å². The van der Waals surface area contributed by atoms with Crippen molar-refractivity contribution in [2.45, 2.75) is 31.9 Å². The molecule has 6 heteroatoms. The molecule has 2 aromatic carbocycles. The molecule has 35 heavy (non-hydrogen) atoms. The number of benzene rings is 2. The summed E-state index contributed by atoms with van der Waals surface area (Å²) in [6.07, 6.45) is 2.37. The van der Waals surface area contributed by atoms with Gasteiger partial charge in [-0.15, -0.1) is 0 Å². The van der Waals surface area contributed by atoms with Crippen molar-refractivity contribution >= 4 is 22.9 Å². The van der Waals surface area contributed by atoms with E-state index in [9.17, 15) is 4.39 Å². The van der Waals surface area contributed by atoms with Gasteiger partial charge in [-0.25, -0.2) is 4.39 Å². The van der Waals surface area contributed by atoms with Crippen LogP contribution < -0.4 is 0 Å². The third kappa shape index (κ3) is 6.72. The van der Waals surface area contributed by atoms with Gasteiger partial charge in [-0.1, -0.05) is 41.9 Å². The molecule has 0 amide bonds. The van der Waals surface area contributed by atoms with Gasteiger partial charge in [0, 0.05) is 43.7 Å². The van der Waals surface area contributed by atoms with Crippen molar-refractivity contribution in [3.8, 4) is 0 Å². The van der Waals surface area contributed by atoms with Gasteiger partial charge in [0.1, 0.15) is 5.82 Å². The second kappa shape index (κ2) is 12.0. The lowest BCUT2D eigenvalue weighted by atomic mass is 9.89. The Morgan fingerprint density at radius 3 is 2.51 bits per heavy atom. The van der Waals surface area contributed by atoms with Gasteiger partial charge in [-0.3, -0.25) is 4.90 Å². The van der Waals surface area contributed by atoms with Crippen molar-refractivity contribution in [1.29, 1.82) is 0 Å². The number of ether oxygens (including phenoxy) is 1.